The van der Waals surface area contributed by atoms with Crippen molar-refractivity contribution in [3.63, 3.8) is 0 Å². The van der Waals surface area contributed by atoms with E-state index in [0.29, 0.717) is 33.0 Å². The maximum absolute atomic E-state index is 13.9. The third-order valence-corrected chi connectivity index (χ3v) is 10.2. The maximum atomic E-state index is 13.9. The molecule has 7 rings (SSSR count). The summed E-state index contributed by atoms with van der Waals surface area (Å²) in [5, 5.41) is 21.1. The van der Waals surface area contributed by atoms with Crippen LogP contribution in [-0.2, 0) is 25.2 Å². The quantitative estimate of drug-likeness (QED) is 0.101. The molecule has 14 heteroatoms. The number of nitriles is 2. The molecule has 2 aliphatic carbocycles. The first-order valence-electron chi connectivity index (χ1n) is 17.7. The largest absolute Gasteiger partial charge is 0.573 e. The van der Waals surface area contributed by atoms with Crippen molar-refractivity contribution in [2.24, 2.45) is 0 Å². The van der Waals surface area contributed by atoms with Crippen LogP contribution >= 0.6 is 0 Å². The minimum absolute atomic E-state index is 0.0974. The van der Waals surface area contributed by atoms with Gasteiger partial charge in [0.2, 0.25) is 0 Å². The van der Waals surface area contributed by atoms with Gasteiger partial charge in [-0.2, -0.15) is 46.6 Å². The molecule has 0 atom stereocenters. The van der Waals surface area contributed by atoms with Gasteiger partial charge in [0.25, 0.3) is 0 Å². The van der Waals surface area contributed by atoms with Gasteiger partial charge in [-0.3, -0.25) is 0 Å². The Morgan fingerprint density at radius 1 is 0.567 bits per heavy atom. The fourth-order valence-corrected chi connectivity index (χ4v) is 7.78. The van der Waals surface area contributed by atoms with Crippen LogP contribution in [0.15, 0.2) is 120 Å². The molecular weight excluding hydrogens is 796 g/mol. The number of rotatable bonds is 5. The lowest BCUT2D eigenvalue weighted by Crippen LogP contribution is -2.25. The molecular formula is C46H23F9N4O. The van der Waals surface area contributed by atoms with Gasteiger partial charge in [0.1, 0.15) is 36.6 Å². The zero-order valence-electron chi connectivity index (χ0n) is 30.8. The summed E-state index contributed by atoms with van der Waals surface area (Å²) in [6, 6.07) is 23.6. The molecule has 0 aliphatic heterocycles. The number of benzene rings is 5. The second-order valence-corrected chi connectivity index (χ2v) is 13.8. The van der Waals surface area contributed by atoms with Gasteiger partial charge >= 0.3 is 24.5 Å². The molecule has 0 saturated carbocycles. The van der Waals surface area contributed by atoms with E-state index < -0.39 is 41.2 Å². The molecule has 0 amide bonds. The van der Waals surface area contributed by atoms with Gasteiger partial charge in [-0.1, -0.05) is 66.2 Å². The highest BCUT2D eigenvalue weighted by atomic mass is 19.4. The van der Waals surface area contributed by atoms with Crippen LogP contribution < -0.4 is 15.2 Å². The minimum Gasteiger partial charge on any atom is -0.406 e. The molecule has 0 bridgehead atoms. The van der Waals surface area contributed by atoms with E-state index in [1.807, 2.05) is 19.1 Å². The summed E-state index contributed by atoms with van der Waals surface area (Å²) in [4.78, 5) is 7.01. The lowest BCUT2D eigenvalue weighted by atomic mass is 9.85. The van der Waals surface area contributed by atoms with Crippen LogP contribution in [0.3, 0.4) is 0 Å². The number of ether oxygens (including phenoxy) is 1. The fourth-order valence-electron chi connectivity index (χ4n) is 7.78. The third-order valence-electron chi connectivity index (χ3n) is 10.2. The first-order valence-corrected chi connectivity index (χ1v) is 17.7. The Morgan fingerprint density at radius 3 is 1.33 bits per heavy atom. The monoisotopic (exact) mass is 818 g/mol. The van der Waals surface area contributed by atoms with Gasteiger partial charge in [0.15, 0.2) is 0 Å². The standard InChI is InChI=1S/C46H23F9N4O/c1-24-4-6-25(7-5-24)40-36(43(58-2)59-3)21-35-39(27-10-16-31(17-11-27)45(50,51)52)41-34(38(42(35)40)26-8-14-30(15-9-26)44(47,48)49)20-33(29(22-56)23-57)37(41)28-12-18-32(19-13-28)60-46(53,54)55/h4-19H,20-21H2,1H3. The Hall–Kier alpha value is -7.55. The number of nitrogens with zero attached hydrogens (tertiary/aromatic N) is 4. The van der Waals surface area contributed by atoms with Crippen LogP contribution in [0.1, 0.15) is 38.9 Å². The second-order valence-electron chi connectivity index (χ2n) is 13.8. The van der Waals surface area contributed by atoms with E-state index in [0.717, 1.165) is 42.0 Å². The molecule has 0 heterocycles. The van der Waals surface area contributed by atoms with E-state index in [9.17, 15) is 50.0 Å². The Morgan fingerprint density at radius 2 is 0.950 bits per heavy atom. The van der Waals surface area contributed by atoms with Crippen LogP contribution in [0.4, 0.5) is 39.5 Å². The molecule has 0 radical (unpaired) electrons. The van der Waals surface area contributed by atoms with Crippen LogP contribution in [-0.4, -0.2) is 6.36 Å². The number of halogens is 9. The van der Waals surface area contributed by atoms with E-state index in [4.69, 9.17) is 13.1 Å². The molecule has 5 aromatic rings. The summed E-state index contributed by atoms with van der Waals surface area (Å²) in [5.41, 5.74) is 1.68. The van der Waals surface area contributed by atoms with E-state index in [1.165, 1.54) is 36.4 Å². The van der Waals surface area contributed by atoms with Gasteiger partial charge in [0.05, 0.1) is 16.7 Å². The summed E-state index contributed by atoms with van der Waals surface area (Å²) in [5.74, 6) is -0.934. The van der Waals surface area contributed by atoms with Gasteiger partial charge in [-0.25, -0.2) is 0 Å². The summed E-state index contributed by atoms with van der Waals surface area (Å²) in [7, 11) is 0. The van der Waals surface area contributed by atoms with Crippen LogP contribution in [0.5, 0.6) is 5.75 Å². The smallest absolute Gasteiger partial charge is 0.406 e. The fraction of sp³-hybridized carbons (Fsp3) is 0.130. The average Bonchev–Trinajstić information content (AvgIpc) is 3.77. The lowest BCUT2D eigenvalue weighted by Gasteiger charge is -2.18. The molecule has 0 fully saturated rings. The van der Waals surface area contributed by atoms with Crippen molar-refractivity contribution in [2.45, 2.75) is 38.5 Å². The normalized spacial score (nSPS) is 13.5. The molecule has 5 aromatic carbocycles. The summed E-state index contributed by atoms with van der Waals surface area (Å²) >= 11 is 0. The number of hydrogen-bond donors (Lipinski definition) is 0. The lowest BCUT2D eigenvalue weighted by molar-refractivity contribution is -0.274. The van der Waals surface area contributed by atoms with Crippen molar-refractivity contribution in [3.05, 3.63) is 192 Å². The van der Waals surface area contributed by atoms with E-state index in [-0.39, 0.29) is 62.9 Å². The maximum Gasteiger partial charge on any atom is 0.573 e. The molecule has 2 aliphatic rings. The first-order chi connectivity index (χ1) is 28.4. The van der Waals surface area contributed by atoms with Crippen molar-refractivity contribution in [3.8, 4) is 40.1 Å². The highest BCUT2D eigenvalue weighted by Crippen LogP contribution is 2.44. The van der Waals surface area contributed by atoms with Gasteiger partial charge in [0, 0.05) is 6.42 Å². The molecule has 0 spiro atoms. The van der Waals surface area contributed by atoms with Crippen molar-refractivity contribution >= 4 is 11.1 Å². The average molecular weight is 819 g/mol. The Balaban J connectivity index is 1.78. The molecule has 0 N–H and O–H groups in total. The highest BCUT2D eigenvalue weighted by Gasteiger charge is 2.38. The van der Waals surface area contributed by atoms with Gasteiger partial charge < -0.3 is 4.74 Å². The summed E-state index contributed by atoms with van der Waals surface area (Å²) in [6.07, 6.45) is -14.9. The Kier molecular flexibility index (Phi) is 10.2. The van der Waals surface area contributed by atoms with Crippen LogP contribution in [0, 0.1) is 42.7 Å². The Labute approximate surface area is 335 Å². The predicted octanol–water partition coefficient (Wildman–Crippen LogP) is 11.2. The molecule has 0 saturated heterocycles. The molecule has 0 aromatic heterocycles. The number of allylic oxidation sites excluding steroid dienone is 3. The summed E-state index contributed by atoms with van der Waals surface area (Å²) < 4.78 is 127. The molecule has 60 heavy (non-hydrogen) atoms. The molecule has 296 valence electrons. The SMILES string of the molecule is [C-]#[N+]C([N+]#[C-])=C1Cc2c(-c3ccc(C(F)(F)F)cc3)c3c(c(-c4ccc(C(F)(F)F)cc4)c2=C1c1ccc(C)cc1)CC(=C(C#N)C#N)C=3c1ccc(OC(F)(F)F)cc1. The van der Waals surface area contributed by atoms with Gasteiger partial charge in [-0.15, -0.1) is 13.2 Å². The number of aryl methyl sites for hydroxylation is 1. The Bertz CT molecular complexity index is 2930. The predicted molar refractivity (Wildman–Crippen MR) is 202 cm³/mol. The van der Waals surface area contributed by atoms with Crippen molar-refractivity contribution in [1.29, 1.82) is 10.5 Å². The first kappa shape index (κ1) is 40.6. The third kappa shape index (κ3) is 7.36. The molecule has 5 nitrogen and oxygen atoms in total. The highest BCUT2D eigenvalue weighted by molar-refractivity contribution is 5.98. The number of alkyl halides is 9. The molecule has 0 unspecified atom stereocenters. The minimum atomic E-state index is -5.05. The van der Waals surface area contributed by atoms with Crippen LogP contribution in [0.2, 0.25) is 0 Å². The zero-order valence-corrected chi connectivity index (χ0v) is 30.8. The van der Waals surface area contributed by atoms with Gasteiger partial charge in [-0.05, 0) is 121 Å². The van der Waals surface area contributed by atoms with Crippen LogP contribution in [0.25, 0.3) is 43.1 Å². The van der Waals surface area contributed by atoms with Crippen molar-refractivity contribution in [1.82, 2.24) is 0 Å². The number of hydrogen-bond acceptors (Lipinski definition) is 3. The second kappa shape index (κ2) is 15.0. The van der Waals surface area contributed by atoms with E-state index >= 15 is 0 Å². The van der Waals surface area contributed by atoms with E-state index in [2.05, 4.69) is 14.4 Å². The van der Waals surface area contributed by atoms with E-state index in [1.54, 1.807) is 24.3 Å². The van der Waals surface area contributed by atoms with Crippen molar-refractivity contribution in [2.75, 3.05) is 0 Å². The number of fused-ring (bicyclic) bond motifs is 2. The topological polar surface area (TPSA) is 65.5 Å². The zero-order chi connectivity index (χ0) is 43.3. The summed E-state index contributed by atoms with van der Waals surface area (Å²) in [6.45, 7) is 17.7. The van der Waals surface area contributed by atoms with Crippen molar-refractivity contribution < 1.29 is 44.3 Å².